The fourth-order valence-electron chi connectivity index (χ4n) is 4.76. The molecule has 0 radical (unpaired) electrons. The highest BCUT2D eigenvalue weighted by Gasteiger charge is 2.42. The number of hydrogen-bond acceptors (Lipinski definition) is 2. The summed E-state index contributed by atoms with van der Waals surface area (Å²) in [4.78, 5) is 18.8. The second-order valence-electron chi connectivity index (χ2n) is 8.04. The largest absolute Gasteiger partial charge is 0.361 e. The van der Waals surface area contributed by atoms with E-state index in [2.05, 4.69) is 69.9 Å². The Kier molecular flexibility index (Phi) is 4.01. The van der Waals surface area contributed by atoms with Crippen LogP contribution in [-0.2, 0) is 24.3 Å². The molecule has 27 heavy (non-hydrogen) atoms. The van der Waals surface area contributed by atoms with Gasteiger partial charge in [0.05, 0.1) is 5.41 Å². The van der Waals surface area contributed by atoms with Gasteiger partial charge in [0.2, 0.25) is 5.91 Å². The van der Waals surface area contributed by atoms with Gasteiger partial charge in [0, 0.05) is 30.2 Å². The first-order valence-corrected chi connectivity index (χ1v) is 9.86. The normalized spacial score (nSPS) is 19.6. The number of rotatable bonds is 2. The Balaban J connectivity index is 1.32. The SMILES string of the molecule is O=C1NCc2ccccc2CC12CCN(Cc1c[nH]c3ccccc13)CC2. The van der Waals surface area contributed by atoms with Crippen molar-refractivity contribution in [1.29, 1.82) is 0 Å². The predicted molar refractivity (Wildman–Crippen MR) is 107 cm³/mol. The van der Waals surface area contributed by atoms with Gasteiger partial charge >= 0.3 is 0 Å². The minimum atomic E-state index is -0.247. The van der Waals surface area contributed by atoms with Crippen LogP contribution in [0.1, 0.15) is 29.5 Å². The molecule has 1 saturated heterocycles. The van der Waals surface area contributed by atoms with Crippen molar-refractivity contribution in [2.24, 2.45) is 5.41 Å². The fraction of sp³-hybridized carbons (Fsp3) is 0.348. The average molecular weight is 359 g/mol. The number of nitrogens with zero attached hydrogens (tertiary/aromatic N) is 1. The number of fused-ring (bicyclic) bond motifs is 2. The van der Waals surface area contributed by atoms with Crippen LogP contribution in [0.4, 0.5) is 0 Å². The van der Waals surface area contributed by atoms with E-state index in [1.807, 2.05) is 0 Å². The molecule has 3 heterocycles. The van der Waals surface area contributed by atoms with E-state index in [-0.39, 0.29) is 11.3 Å². The van der Waals surface area contributed by atoms with Crippen LogP contribution in [0.25, 0.3) is 10.9 Å². The number of amides is 1. The molecule has 0 aliphatic carbocycles. The summed E-state index contributed by atoms with van der Waals surface area (Å²) in [7, 11) is 0. The average Bonchev–Trinajstić information content (AvgIpc) is 3.05. The lowest BCUT2D eigenvalue weighted by Gasteiger charge is -2.40. The number of hydrogen-bond donors (Lipinski definition) is 2. The van der Waals surface area contributed by atoms with Gasteiger partial charge in [-0.25, -0.2) is 0 Å². The van der Waals surface area contributed by atoms with Crippen LogP contribution in [-0.4, -0.2) is 28.9 Å². The number of likely N-dealkylation sites (tertiary alicyclic amines) is 1. The molecule has 4 heteroatoms. The van der Waals surface area contributed by atoms with E-state index in [0.717, 1.165) is 38.9 Å². The lowest BCUT2D eigenvalue weighted by molar-refractivity contribution is -0.133. The van der Waals surface area contributed by atoms with Crippen molar-refractivity contribution < 1.29 is 4.79 Å². The summed E-state index contributed by atoms with van der Waals surface area (Å²) in [5, 5.41) is 4.49. The van der Waals surface area contributed by atoms with Crippen LogP contribution < -0.4 is 5.32 Å². The van der Waals surface area contributed by atoms with Crippen LogP contribution in [0.15, 0.2) is 54.7 Å². The van der Waals surface area contributed by atoms with Crippen molar-refractivity contribution >= 4 is 16.8 Å². The van der Waals surface area contributed by atoms with Gasteiger partial charge in [-0.15, -0.1) is 0 Å². The maximum atomic E-state index is 12.9. The van der Waals surface area contributed by atoms with Gasteiger partial charge in [-0.3, -0.25) is 9.69 Å². The van der Waals surface area contributed by atoms with Crippen LogP contribution >= 0.6 is 0 Å². The number of aromatic nitrogens is 1. The predicted octanol–water partition coefficient (Wildman–Crippen LogP) is 3.62. The second kappa shape index (κ2) is 6.54. The molecule has 4 nitrogen and oxygen atoms in total. The molecular weight excluding hydrogens is 334 g/mol. The zero-order chi connectivity index (χ0) is 18.3. The second-order valence-corrected chi connectivity index (χ2v) is 8.04. The first-order valence-electron chi connectivity index (χ1n) is 9.86. The van der Waals surface area contributed by atoms with E-state index in [1.54, 1.807) is 0 Å². The molecule has 1 amide bonds. The molecular formula is C23H25N3O. The van der Waals surface area contributed by atoms with Crippen molar-refractivity contribution in [2.45, 2.75) is 32.4 Å². The number of H-pyrrole nitrogens is 1. The third-order valence-corrected chi connectivity index (χ3v) is 6.45. The van der Waals surface area contributed by atoms with Crippen molar-refractivity contribution in [3.8, 4) is 0 Å². The third-order valence-electron chi connectivity index (χ3n) is 6.45. The Morgan fingerprint density at radius 1 is 0.963 bits per heavy atom. The van der Waals surface area contributed by atoms with Gasteiger partial charge < -0.3 is 10.3 Å². The highest BCUT2D eigenvalue weighted by atomic mass is 16.2. The quantitative estimate of drug-likeness (QED) is 0.734. The Hall–Kier alpha value is -2.59. The highest BCUT2D eigenvalue weighted by molar-refractivity contribution is 5.84. The maximum Gasteiger partial charge on any atom is 0.226 e. The Bertz CT molecular complexity index is 982. The number of para-hydroxylation sites is 1. The summed E-state index contributed by atoms with van der Waals surface area (Å²) in [6.07, 6.45) is 4.85. The van der Waals surface area contributed by atoms with Gasteiger partial charge in [-0.2, -0.15) is 0 Å². The minimum Gasteiger partial charge on any atom is -0.361 e. The topological polar surface area (TPSA) is 48.1 Å². The molecule has 0 bridgehead atoms. The standard InChI is InChI=1S/C23H25N3O/c27-22-23(13-17-5-1-2-6-18(17)14-25-22)9-11-26(12-10-23)16-19-15-24-21-8-4-3-7-20(19)21/h1-8,15,24H,9-14,16H2,(H,25,27). The number of carbonyl (C=O) groups excluding carboxylic acids is 1. The van der Waals surface area contributed by atoms with E-state index in [4.69, 9.17) is 0 Å². The van der Waals surface area contributed by atoms with Crippen molar-refractivity contribution in [1.82, 2.24) is 15.2 Å². The van der Waals surface area contributed by atoms with E-state index >= 15 is 0 Å². The molecule has 138 valence electrons. The number of nitrogens with one attached hydrogen (secondary N) is 2. The van der Waals surface area contributed by atoms with Crippen molar-refractivity contribution in [3.05, 3.63) is 71.4 Å². The number of piperidine rings is 1. The third kappa shape index (κ3) is 2.94. The van der Waals surface area contributed by atoms with Crippen LogP contribution in [0.2, 0.25) is 0 Å². The highest BCUT2D eigenvalue weighted by Crippen LogP contribution is 2.38. The Labute approximate surface area is 159 Å². The van der Waals surface area contributed by atoms with Crippen molar-refractivity contribution in [2.75, 3.05) is 13.1 Å². The van der Waals surface area contributed by atoms with E-state index in [0.29, 0.717) is 6.54 Å². The molecule has 2 aromatic carbocycles. The minimum absolute atomic E-state index is 0.241. The lowest BCUT2D eigenvalue weighted by Crippen LogP contribution is -2.48. The molecule has 1 fully saturated rings. The number of benzene rings is 2. The molecule has 2 aliphatic rings. The van der Waals surface area contributed by atoms with E-state index in [9.17, 15) is 4.79 Å². The first-order chi connectivity index (χ1) is 13.2. The fourth-order valence-corrected chi connectivity index (χ4v) is 4.76. The molecule has 5 rings (SSSR count). The van der Waals surface area contributed by atoms with Gasteiger partial charge in [-0.05, 0) is 55.1 Å². The smallest absolute Gasteiger partial charge is 0.226 e. The number of aromatic amines is 1. The summed E-state index contributed by atoms with van der Waals surface area (Å²) in [6.45, 7) is 3.54. The monoisotopic (exact) mass is 359 g/mol. The van der Waals surface area contributed by atoms with Crippen LogP contribution in [0, 0.1) is 5.41 Å². The Morgan fingerprint density at radius 2 is 1.70 bits per heavy atom. The molecule has 1 aromatic heterocycles. The zero-order valence-electron chi connectivity index (χ0n) is 15.5. The van der Waals surface area contributed by atoms with E-state index in [1.165, 1.54) is 27.6 Å². The van der Waals surface area contributed by atoms with Gasteiger partial charge in [0.15, 0.2) is 0 Å². The molecule has 2 aliphatic heterocycles. The van der Waals surface area contributed by atoms with Gasteiger partial charge in [-0.1, -0.05) is 42.5 Å². The molecule has 0 unspecified atom stereocenters. The summed E-state index contributed by atoms with van der Waals surface area (Å²) in [5.74, 6) is 0.241. The van der Waals surface area contributed by atoms with Crippen molar-refractivity contribution in [3.63, 3.8) is 0 Å². The van der Waals surface area contributed by atoms with Gasteiger partial charge in [0.1, 0.15) is 0 Å². The lowest BCUT2D eigenvalue weighted by atomic mass is 9.73. The van der Waals surface area contributed by atoms with Gasteiger partial charge in [0.25, 0.3) is 0 Å². The Morgan fingerprint density at radius 3 is 2.56 bits per heavy atom. The maximum absolute atomic E-state index is 12.9. The van der Waals surface area contributed by atoms with Crippen LogP contribution in [0.5, 0.6) is 0 Å². The van der Waals surface area contributed by atoms with E-state index < -0.39 is 0 Å². The molecule has 2 N–H and O–H groups in total. The summed E-state index contributed by atoms with van der Waals surface area (Å²) in [6, 6.07) is 16.9. The summed E-state index contributed by atoms with van der Waals surface area (Å²) in [5.41, 5.74) is 4.89. The van der Waals surface area contributed by atoms with Crippen LogP contribution in [0.3, 0.4) is 0 Å². The summed E-state index contributed by atoms with van der Waals surface area (Å²) >= 11 is 0. The first kappa shape index (κ1) is 16.6. The summed E-state index contributed by atoms with van der Waals surface area (Å²) < 4.78 is 0. The molecule has 1 spiro atoms. The molecule has 0 atom stereocenters. The zero-order valence-corrected chi connectivity index (χ0v) is 15.5. The number of carbonyl (C=O) groups is 1. The molecule has 3 aromatic rings. The molecule has 0 saturated carbocycles.